The van der Waals surface area contributed by atoms with Gasteiger partial charge < -0.3 is 30.7 Å². The molecule has 0 aliphatic heterocycles. The van der Waals surface area contributed by atoms with E-state index in [9.17, 15) is 24.0 Å². The van der Waals surface area contributed by atoms with Gasteiger partial charge in [-0.2, -0.15) is 0 Å². The molecule has 5 rings (SSSR count). The van der Waals surface area contributed by atoms with E-state index in [4.69, 9.17) is 9.47 Å². The number of thioether (sulfide) groups is 1. The number of para-hydroxylation sites is 1. The number of ether oxygens (including phenoxy) is 2. The predicted molar refractivity (Wildman–Crippen MR) is 213 cm³/mol. The van der Waals surface area contributed by atoms with Crippen LogP contribution in [0, 0.1) is 6.92 Å². The quantitative estimate of drug-likeness (QED) is 0.0505. The molecular formula is C41H38N4O7S2. The van der Waals surface area contributed by atoms with E-state index in [1.54, 1.807) is 123 Å². The van der Waals surface area contributed by atoms with Crippen LogP contribution in [0.4, 0.5) is 16.4 Å². The Balaban J connectivity index is 1.30. The van der Waals surface area contributed by atoms with Gasteiger partial charge in [0.15, 0.2) is 0 Å². The second-order valence-corrected chi connectivity index (χ2v) is 14.1. The van der Waals surface area contributed by atoms with Crippen LogP contribution < -0.4 is 26.0 Å². The van der Waals surface area contributed by atoms with Gasteiger partial charge in [0.05, 0.1) is 29.4 Å². The average Bonchev–Trinajstić information content (AvgIpc) is 3.50. The molecule has 0 saturated heterocycles. The molecule has 1 aromatic heterocycles. The largest absolute Gasteiger partial charge is 0.494 e. The molecule has 1 atom stereocenters. The van der Waals surface area contributed by atoms with Gasteiger partial charge in [-0.1, -0.05) is 54.6 Å². The number of thiophene rings is 1. The van der Waals surface area contributed by atoms with Crippen molar-refractivity contribution in [3.8, 4) is 5.75 Å². The number of esters is 1. The zero-order valence-electron chi connectivity index (χ0n) is 29.9. The van der Waals surface area contributed by atoms with Gasteiger partial charge in [0, 0.05) is 21.8 Å². The van der Waals surface area contributed by atoms with Crippen molar-refractivity contribution in [1.82, 2.24) is 5.32 Å². The Morgan fingerprint density at radius 2 is 1.46 bits per heavy atom. The summed E-state index contributed by atoms with van der Waals surface area (Å²) in [5, 5.41) is 10.7. The number of methoxy groups -OCH3 is 1. The summed E-state index contributed by atoms with van der Waals surface area (Å²) in [4.78, 5) is 67.0. The maximum atomic E-state index is 13.6. The highest BCUT2D eigenvalue weighted by atomic mass is 32.2. The normalized spacial score (nSPS) is 11.5. The van der Waals surface area contributed by atoms with Crippen molar-refractivity contribution in [2.24, 2.45) is 0 Å². The minimum Gasteiger partial charge on any atom is -0.494 e. The van der Waals surface area contributed by atoms with Crippen LogP contribution in [-0.2, 0) is 14.3 Å². The maximum absolute atomic E-state index is 13.6. The number of anilines is 3. The van der Waals surface area contributed by atoms with Crippen LogP contribution in [-0.4, -0.2) is 48.6 Å². The highest BCUT2D eigenvalue weighted by Crippen LogP contribution is 2.35. The molecule has 11 nitrogen and oxygen atoms in total. The van der Waals surface area contributed by atoms with E-state index in [-0.39, 0.29) is 21.1 Å². The van der Waals surface area contributed by atoms with Crippen LogP contribution >= 0.6 is 23.1 Å². The summed E-state index contributed by atoms with van der Waals surface area (Å²) < 4.78 is 10.5. The monoisotopic (exact) mass is 762 g/mol. The van der Waals surface area contributed by atoms with Crippen molar-refractivity contribution in [2.45, 2.75) is 30.9 Å². The Labute approximate surface area is 321 Å². The number of nitrogens with one attached hydrogen (secondary N) is 4. The number of benzene rings is 4. The number of carbonyl (C=O) groups is 5. The van der Waals surface area contributed by atoms with Crippen molar-refractivity contribution in [3.63, 3.8) is 0 Å². The second-order valence-electron chi connectivity index (χ2n) is 11.7. The zero-order chi connectivity index (χ0) is 38.6. The first-order chi connectivity index (χ1) is 26.1. The van der Waals surface area contributed by atoms with Crippen LogP contribution in [0.3, 0.4) is 0 Å². The molecule has 4 N–H and O–H groups in total. The Morgan fingerprint density at radius 3 is 2.13 bits per heavy atom. The second kappa shape index (κ2) is 18.5. The van der Waals surface area contributed by atoms with E-state index in [1.165, 1.54) is 18.9 Å². The molecule has 1 unspecified atom stereocenters. The molecule has 0 saturated carbocycles. The van der Waals surface area contributed by atoms with Crippen molar-refractivity contribution in [1.29, 1.82) is 0 Å². The first-order valence-electron chi connectivity index (χ1n) is 16.8. The van der Waals surface area contributed by atoms with Gasteiger partial charge in [-0.15, -0.1) is 23.1 Å². The lowest BCUT2D eigenvalue weighted by molar-refractivity contribution is -0.115. The molecule has 0 aliphatic rings. The fraction of sp³-hybridized carbons (Fsp3) is 0.146. The van der Waals surface area contributed by atoms with E-state index in [2.05, 4.69) is 21.3 Å². The number of carbonyl (C=O) groups excluding carboxylic acids is 5. The Morgan fingerprint density at radius 1 is 0.796 bits per heavy atom. The fourth-order valence-corrected chi connectivity index (χ4v) is 7.15. The van der Waals surface area contributed by atoms with Crippen LogP contribution in [0.2, 0.25) is 0 Å². The topological polar surface area (TPSA) is 152 Å². The predicted octanol–water partition coefficient (Wildman–Crippen LogP) is 8.02. The van der Waals surface area contributed by atoms with Crippen LogP contribution in [0.15, 0.2) is 120 Å². The highest BCUT2D eigenvalue weighted by molar-refractivity contribution is 8.00. The van der Waals surface area contributed by atoms with Gasteiger partial charge in [0.25, 0.3) is 17.7 Å². The number of amides is 4. The molecule has 0 radical (unpaired) electrons. The van der Waals surface area contributed by atoms with E-state index < -0.39 is 34.8 Å². The standard InChI is InChI=1S/C41H38N4O7S2/c1-5-52-31-21-19-27(20-22-31)23-33(44-37(47)28-13-8-6-9-14-28)38(48)43-30-17-12-18-32(24-30)53-26(3)36(46)45-40-34(41(50)51-4)25(2)35(54-40)39(49)42-29-15-10-7-11-16-29/h6-24,26H,5H2,1-4H3,(H,42,49)(H,43,48)(H,44,47)(H,45,46)/b33-23+. The van der Waals surface area contributed by atoms with E-state index in [0.717, 1.165) is 11.3 Å². The summed E-state index contributed by atoms with van der Waals surface area (Å²) in [6.07, 6.45) is 1.57. The van der Waals surface area contributed by atoms with Gasteiger partial charge >= 0.3 is 5.97 Å². The molecular weight excluding hydrogens is 725 g/mol. The molecule has 54 heavy (non-hydrogen) atoms. The fourth-order valence-electron chi connectivity index (χ4n) is 5.13. The van der Waals surface area contributed by atoms with Gasteiger partial charge in [0.2, 0.25) is 5.91 Å². The highest BCUT2D eigenvalue weighted by Gasteiger charge is 2.28. The number of hydrogen-bond donors (Lipinski definition) is 4. The minimum atomic E-state index is -0.683. The molecule has 0 fully saturated rings. The summed E-state index contributed by atoms with van der Waals surface area (Å²) >= 11 is 2.21. The zero-order valence-corrected chi connectivity index (χ0v) is 31.6. The molecule has 4 aromatic carbocycles. The summed E-state index contributed by atoms with van der Waals surface area (Å²) in [7, 11) is 1.23. The third kappa shape index (κ3) is 10.2. The van der Waals surface area contributed by atoms with Crippen molar-refractivity contribution in [2.75, 3.05) is 29.7 Å². The van der Waals surface area contributed by atoms with Gasteiger partial charge in [-0.05, 0) is 92.6 Å². The molecule has 1 heterocycles. The number of rotatable bonds is 14. The van der Waals surface area contributed by atoms with Crippen molar-refractivity contribution < 1.29 is 33.4 Å². The van der Waals surface area contributed by atoms with E-state index in [0.29, 0.717) is 45.3 Å². The lowest BCUT2D eigenvalue weighted by atomic mass is 10.1. The van der Waals surface area contributed by atoms with E-state index in [1.807, 2.05) is 13.0 Å². The third-order valence-electron chi connectivity index (χ3n) is 7.82. The minimum absolute atomic E-state index is 0.0169. The van der Waals surface area contributed by atoms with Gasteiger partial charge in [0.1, 0.15) is 16.4 Å². The van der Waals surface area contributed by atoms with Crippen molar-refractivity contribution >= 4 is 75.1 Å². The summed E-state index contributed by atoms with van der Waals surface area (Å²) in [5.41, 5.74) is 2.57. The SMILES string of the molecule is CCOc1ccc(/C=C(/NC(=O)c2ccccc2)C(=O)Nc2cccc(SC(C)C(=O)Nc3sc(C(=O)Nc4ccccc4)c(C)c3C(=O)OC)c2)cc1. The Bertz CT molecular complexity index is 2170. The molecule has 0 spiro atoms. The van der Waals surface area contributed by atoms with Crippen LogP contribution in [0.25, 0.3) is 6.08 Å². The smallest absolute Gasteiger partial charge is 0.341 e. The lowest BCUT2D eigenvalue weighted by Crippen LogP contribution is -2.30. The Kier molecular flexibility index (Phi) is 13.4. The first-order valence-corrected chi connectivity index (χ1v) is 18.5. The lowest BCUT2D eigenvalue weighted by Gasteiger charge is -2.14. The molecule has 5 aromatic rings. The molecule has 0 bridgehead atoms. The summed E-state index contributed by atoms with van der Waals surface area (Å²) in [5.74, 6) is -1.86. The number of hydrogen-bond acceptors (Lipinski definition) is 9. The molecule has 4 amide bonds. The first kappa shape index (κ1) is 39.0. The summed E-state index contributed by atoms with van der Waals surface area (Å²) in [6.45, 7) is 5.72. The average molecular weight is 763 g/mol. The van der Waals surface area contributed by atoms with Crippen LogP contribution in [0.1, 0.15) is 55.4 Å². The maximum Gasteiger partial charge on any atom is 0.341 e. The Hall–Kier alpha value is -6.18. The van der Waals surface area contributed by atoms with E-state index >= 15 is 0 Å². The molecule has 0 aliphatic carbocycles. The molecule has 276 valence electrons. The van der Waals surface area contributed by atoms with Crippen LogP contribution in [0.5, 0.6) is 5.75 Å². The molecule has 13 heteroatoms. The van der Waals surface area contributed by atoms with Gasteiger partial charge in [-0.25, -0.2) is 4.79 Å². The van der Waals surface area contributed by atoms with Gasteiger partial charge in [-0.3, -0.25) is 19.2 Å². The third-order valence-corrected chi connectivity index (χ3v) is 10.1. The van der Waals surface area contributed by atoms with Crippen molar-refractivity contribution in [3.05, 3.63) is 142 Å². The summed E-state index contributed by atoms with van der Waals surface area (Å²) in [6, 6.07) is 31.5.